The molecule has 0 radical (unpaired) electrons. The summed E-state index contributed by atoms with van der Waals surface area (Å²) in [5, 5.41) is 0. The van der Waals surface area contributed by atoms with E-state index in [1.165, 1.54) is 0 Å². The molecule has 1 saturated carbocycles. The lowest BCUT2D eigenvalue weighted by molar-refractivity contribution is -0.0771. The van der Waals surface area contributed by atoms with E-state index in [2.05, 4.69) is 11.3 Å². The van der Waals surface area contributed by atoms with Crippen molar-refractivity contribution in [1.82, 2.24) is 4.72 Å². The zero-order chi connectivity index (χ0) is 15.5. The first kappa shape index (κ1) is 16.8. The molecule has 1 aliphatic carbocycles. The van der Waals surface area contributed by atoms with E-state index in [0.717, 1.165) is 6.42 Å². The molecule has 1 heterocycles. The maximum absolute atomic E-state index is 13.8. The van der Waals surface area contributed by atoms with Crippen LogP contribution in [0.25, 0.3) is 0 Å². The second-order valence-electron chi connectivity index (χ2n) is 5.92. The predicted molar refractivity (Wildman–Crippen MR) is 76.8 cm³/mol. The SMILES string of the molecule is C=C[C@@H]1OCCC[C@H]1NS(=O)(=O)CC1CCCCC1(F)F. The minimum absolute atomic E-state index is 0.213. The quantitative estimate of drug-likeness (QED) is 0.791. The van der Waals surface area contributed by atoms with Gasteiger partial charge in [0.2, 0.25) is 10.0 Å². The Kier molecular flexibility index (Phi) is 5.38. The second kappa shape index (κ2) is 6.71. The van der Waals surface area contributed by atoms with Crippen LogP contribution in [0.5, 0.6) is 0 Å². The molecule has 0 spiro atoms. The van der Waals surface area contributed by atoms with Gasteiger partial charge in [0, 0.05) is 18.9 Å². The van der Waals surface area contributed by atoms with Crippen molar-refractivity contribution in [3.8, 4) is 0 Å². The molecule has 4 nitrogen and oxygen atoms in total. The summed E-state index contributed by atoms with van der Waals surface area (Å²) in [6.07, 6.45) is 3.73. The lowest BCUT2D eigenvalue weighted by atomic mass is 9.87. The molecule has 2 fully saturated rings. The Labute approximate surface area is 125 Å². The van der Waals surface area contributed by atoms with E-state index in [1.807, 2.05) is 0 Å². The number of nitrogens with one attached hydrogen (secondary N) is 1. The van der Waals surface area contributed by atoms with Crippen LogP contribution in [-0.2, 0) is 14.8 Å². The minimum atomic E-state index is -3.75. The summed E-state index contributed by atoms with van der Waals surface area (Å²) in [7, 11) is -3.75. The number of alkyl halides is 2. The van der Waals surface area contributed by atoms with Crippen molar-refractivity contribution in [2.75, 3.05) is 12.4 Å². The van der Waals surface area contributed by atoms with Crippen LogP contribution in [0.3, 0.4) is 0 Å². The Morgan fingerprint density at radius 3 is 2.71 bits per heavy atom. The van der Waals surface area contributed by atoms with Crippen molar-refractivity contribution < 1.29 is 21.9 Å². The van der Waals surface area contributed by atoms with Gasteiger partial charge in [-0.05, 0) is 25.7 Å². The van der Waals surface area contributed by atoms with Gasteiger partial charge in [0.1, 0.15) is 0 Å². The standard InChI is InChI=1S/C14H23F2NO3S/c1-2-13-12(7-5-9-20-13)17-21(18,19)10-11-6-3-4-8-14(11,15)16/h2,11-13,17H,1,3-10H2/t11?,12-,13+/m1/s1. The average molecular weight is 323 g/mol. The van der Waals surface area contributed by atoms with Gasteiger partial charge in [-0.2, -0.15) is 0 Å². The highest BCUT2D eigenvalue weighted by Gasteiger charge is 2.44. The molecule has 2 rings (SSSR count). The van der Waals surface area contributed by atoms with Crippen LogP contribution in [0, 0.1) is 5.92 Å². The molecule has 1 unspecified atom stereocenters. The van der Waals surface area contributed by atoms with Crippen molar-refractivity contribution in [2.45, 2.75) is 56.6 Å². The fourth-order valence-corrected chi connectivity index (χ4v) is 4.83. The van der Waals surface area contributed by atoms with E-state index >= 15 is 0 Å². The average Bonchev–Trinajstić information content (AvgIpc) is 2.41. The van der Waals surface area contributed by atoms with Crippen LogP contribution in [0.4, 0.5) is 8.78 Å². The van der Waals surface area contributed by atoms with Crippen LogP contribution in [0.2, 0.25) is 0 Å². The van der Waals surface area contributed by atoms with Crippen LogP contribution >= 0.6 is 0 Å². The summed E-state index contributed by atoms with van der Waals surface area (Å²) in [6.45, 7) is 4.19. The predicted octanol–water partition coefficient (Wildman–Crippen LogP) is 2.46. The number of hydrogen-bond donors (Lipinski definition) is 1. The molecule has 1 saturated heterocycles. The molecule has 0 amide bonds. The summed E-state index contributed by atoms with van der Waals surface area (Å²) < 4.78 is 59.9. The Hall–Kier alpha value is -0.530. The fourth-order valence-electron chi connectivity index (χ4n) is 3.08. The number of halogens is 2. The topological polar surface area (TPSA) is 55.4 Å². The Morgan fingerprint density at radius 1 is 1.29 bits per heavy atom. The van der Waals surface area contributed by atoms with Crippen LogP contribution in [-0.4, -0.2) is 38.8 Å². The molecule has 0 bridgehead atoms. The van der Waals surface area contributed by atoms with E-state index in [0.29, 0.717) is 25.9 Å². The molecular formula is C14H23F2NO3S. The molecule has 2 aliphatic rings. The van der Waals surface area contributed by atoms with Crippen LogP contribution in [0.1, 0.15) is 38.5 Å². The number of hydrogen-bond acceptors (Lipinski definition) is 3. The van der Waals surface area contributed by atoms with Crippen molar-refractivity contribution in [2.24, 2.45) is 5.92 Å². The second-order valence-corrected chi connectivity index (χ2v) is 7.72. The van der Waals surface area contributed by atoms with E-state index in [9.17, 15) is 17.2 Å². The van der Waals surface area contributed by atoms with Gasteiger partial charge in [0.15, 0.2) is 0 Å². The molecule has 0 aromatic carbocycles. The molecular weight excluding hydrogens is 300 g/mol. The van der Waals surface area contributed by atoms with Gasteiger partial charge in [-0.15, -0.1) is 6.58 Å². The molecule has 21 heavy (non-hydrogen) atoms. The molecule has 1 aliphatic heterocycles. The Morgan fingerprint density at radius 2 is 2.05 bits per heavy atom. The number of sulfonamides is 1. The van der Waals surface area contributed by atoms with E-state index in [4.69, 9.17) is 4.74 Å². The molecule has 122 valence electrons. The highest BCUT2D eigenvalue weighted by molar-refractivity contribution is 7.89. The lowest BCUT2D eigenvalue weighted by Gasteiger charge is -2.33. The molecule has 0 aromatic heterocycles. The first-order chi connectivity index (χ1) is 9.84. The van der Waals surface area contributed by atoms with Crippen molar-refractivity contribution in [3.05, 3.63) is 12.7 Å². The maximum atomic E-state index is 13.8. The first-order valence-electron chi connectivity index (χ1n) is 7.46. The van der Waals surface area contributed by atoms with Gasteiger partial charge in [-0.25, -0.2) is 21.9 Å². The van der Waals surface area contributed by atoms with Crippen molar-refractivity contribution in [3.63, 3.8) is 0 Å². The van der Waals surface area contributed by atoms with Gasteiger partial charge >= 0.3 is 0 Å². The summed E-state index contributed by atoms with van der Waals surface area (Å²) in [6, 6.07) is -0.404. The van der Waals surface area contributed by atoms with Gasteiger partial charge in [-0.3, -0.25) is 0 Å². The van der Waals surface area contributed by atoms with Gasteiger partial charge in [0.25, 0.3) is 5.92 Å². The summed E-state index contributed by atoms with van der Waals surface area (Å²) in [5.74, 6) is -4.48. The Bertz CT molecular complexity index is 467. The molecule has 1 N–H and O–H groups in total. The fraction of sp³-hybridized carbons (Fsp3) is 0.857. The van der Waals surface area contributed by atoms with Gasteiger partial charge in [-0.1, -0.05) is 12.5 Å². The number of ether oxygens (including phenoxy) is 1. The number of rotatable bonds is 5. The van der Waals surface area contributed by atoms with Crippen molar-refractivity contribution in [1.29, 1.82) is 0 Å². The molecule has 3 atom stereocenters. The third kappa shape index (κ3) is 4.47. The summed E-state index contributed by atoms with van der Waals surface area (Å²) in [5.41, 5.74) is 0. The first-order valence-corrected chi connectivity index (χ1v) is 9.11. The van der Waals surface area contributed by atoms with Crippen LogP contribution < -0.4 is 4.72 Å². The smallest absolute Gasteiger partial charge is 0.251 e. The van der Waals surface area contributed by atoms with Crippen molar-refractivity contribution >= 4 is 10.0 Å². The summed E-state index contributed by atoms with van der Waals surface area (Å²) >= 11 is 0. The minimum Gasteiger partial charge on any atom is -0.372 e. The lowest BCUT2D eigenvalue weighted by Crippen LogP contribution is -2.49. The van der Waals surface area contributed by atoms with E-state index < -0.39 is 33.7 Å². The zero-order valence-electron chi connectivity index (χ0n) is 12.1. The molecule has 7 heteroatoms. The highest BCUT2D eigenvalue weighted by atomic mass is 32.2. The van der Waals surface area contributed by atoms with Gasteiger partial charge < -0.3 is 4.74 Å². The van der Waals surface area contributed by atoms with E-state index in [1.54, 1.807) is 6.08 Å². The van der Waals surface area contributed by atoms with Crippen LogP contribution in [0.15, 0.2) is 12.7 Å². The zero-order valence-corrected chi connectivity index (χ0v) is 12.9. The third-order valence-corrected chi connectivity index (χ3v) is 5.76. The maximum Gasteiger partial charge on any atom is 0.251 e. The van der Waals surface area contributed by atoms with E-state index in [-0.39, 0.29) is 18.9 Å². The third-order valence-electron chi connectivity index (χ3n) is 4.26. The largest absolute Gasteiger partial charge is 0.372 e. The normalized spacial score (nSPS) is 33.5. The van der Waals surface area contributed by atoms with Gasteiger partial charge in [0.05, 0.1) is 17.9 Å². The summed E-state index contributed by atoms with van der Waals surface area (Å²) in [4.78, 5) is 0. The molecule has 0 aromatic rings. The highest BCUT2D eigenvalue weighted by Crippen LogP contribution is 2.39. The monoisotopic (exact) mass is 323 g/mol. The Balaban J connectivity index is 1.99.